The van der Waals surface area contributed by atoms with E-state index in [9.17, 15) is 14.4 Å². The smallest absolute Gasteiger partial charge is 0.233 e. The highest BCUT2D eigenvalue weighted by Gasteiger charge is 2.47. The van der Waals surface area contributed by atoms with Crippen molar-refractivity contribution < 1.29 is 18.9 Å². The lowest BCUT2D eigenvalue weighted by Gasteiger charge is -2.19. The van der Waals surface area contributed by atoms with Gasteiger partial charge in [-0.25, -0.2) is 0 Å². The lowest BCUT2D eigenvalue weighted by Crippen LogP contribution is -2.34. The van der Waals surface area contributed by atoms with Crippen LogP contribution in [-0.4, -0.2) is 34.3 Å². The molecule has 1 N–H and O–H groups in total. The third kappa shape index (κ3) is 2.95. The fraction of sp³-hybridized carbons (Fsp3) is 0.647. The van der Waals surface area contributed by atoms with Crippen LogP contribution >= 0.6 is 0 Å². The highest BCUT2D eigenvalue weighted by Crippen LogP contribution is 2.38. The summed E-state index contributed by atoms with van der Waals surface area (Å²) < 4.78 is 5.14. The number of aromatic nitrogens is 1. The molecule has 0 aromatic carbocycles. The van der Waals surface area contributed by atoms with Crippen LogP contribution in [-0.2, 0) is 20.8 Å². The Bertz CT molecular complexity index is 643. The lowest BCUT2D eigenvalue weighted by molar-refractivity contribution is -0.140. The van der Waals surface area contributed by atoms with Crippen molar-refractivity contribution in [2.24, 2.45) is 11.8 Å². The quantitative estimate of drug-likeness (QED) is 0.833. The summed E-state index contributed by atoms with van der Waals surface area (Å²) in [5.74, 6) is -0.157. The van der Waals surface area contributed by atoms with Gasteiger partial charge in [-0.15, -0.1) is 0 Å². The molecule has 0 spiro atoms. The van der Waals surface area contributed by atoms with E-state index < -0.39 is 0 Å². The second-order valence-electron chi connectivity index (χ2n) is 6.54. The van der Waals surface area contributed by atoms with Crippen LogP contribution in [0.15, 0.2) is 4.52 Å². The monoisotopic (exact) mass is 333 g/mol. The fourth-order valence-corrected chi connectivity index (χ4v) is 3.68. The van der Waals surface area contributed by atoms with E-state index in [1.807, 2.05) is 6.92 Å². The van der Waals surface area contributed by atoms with E-state index >= 15 is 0 Å². The predicted molar refractivity (Wildman–Crippen MR) is 86.0 cm³/mol. The number of likely N-dealkylation sites (tertiary alicyclic amines) is 1. The van der Waals surface area contributed by atoms with Crippen molar-refractivity contribution in [1.29, 1.82) is 0 Å². The van der Waals surface area contributed by atoms with Gasteiger partial charge in [-0.3, -0.25) is 19.3 Å². The third-order valence-corrected chi connectivity index (χ3v) is 5.01. The molecule has 1 aliphatic carbocycles. The van der Waals surface area contributed by atoms with Crippen molar-refractivity contribution in [3.05, 3.63) is 11.5 Å². The molecule has 2 aliphatic rings. The molecule has 2 heterocycles. The minimum Gasteiger partial charge on any atom is -0.359 e. The number of nitrogens with zero attached hydrogens (tertiary/aromatic N) is 2. The maximum Gasteiger partial charge on any atom is 0.233 e. The van der Waals surface area contributed by atoms with E-state index in [-0.39, 0.29) is 42.5 Å². The summed E-state index contributed by atoms with van der Waals surface area (Å²) in [6, 6.07) is 0. The molecule has 3 amide bonds. The van der Waals surface area contributed by atoms with Gasteiger partial charge < -0.3 is 9.84 Å². The Morgan fingerprint density at radius 2 is 1.88 bits per heavy atom. The minimum absolute atomic E-state index is 0.0880. The molecular weight excluding hydrogens is 310 g/mol. The largest absolute Gasteiger partial charge is 0.359 e. The number of amides is 3. The molecule has 0 unspecified atom stereocenters. The number of imide groups is 1. The number of nitrogens with one attached hydrogen (secondary N) is 1. The fourth-order valence-electron chi connectivity index (χ4n) is 3.68. The van der Waals surface area contributed by atoms with Crippen molar-refractivity contribution in [1.82, 2.24) is 10.1 Å². The third-order valence-electron chi connectivity index (χ3n) is 5.01. The van der Waals surface area contributed by atoms with E-state index in [1.165, 1.54) is 4.90 Å². The van der Waals surface area contributed by atoms with Crippen LogP contribution in [0.4, 0.5) is 5.69 Å². The van der Waals surface area contributed by atoms with Crippen molar-refractivity contribution >= 4 is 23.4 Å². The summed E-state index contributed by atoms with van der Waals surface area (Å²) in [7, 11) is 0. The van der Waals surface area contributed by atoms with Crippen LogP contribution in [0.5, 0.6) is 0 Å². The second kappa shape index (κ2) is 6.75. The van der Waals surface area contributed by atoms with Crippen molar-refractivity contribution in [2.75, 3.05) is 11.9 Å². The van der Waals surface area contributed by atoms with Crippen LogP contribution in [0.2, 0.25) is 0 Å². The zero-order chi connectivity index (χ0) is 17.3. The first-order chi connectivity index (χ1) is 11.5. The van der Waals surface area contributed by atoms with Crippen LogP contribution in [0, 0.1) is 18.8 Å². The molecule has 7 heteroatoms. The molecule has 1 aromatic heterocycles. The Kier molecular flexibility index (Phi) is 4.69. The molecule has 0 bridgehead atoms. The molecule has 0 radical (unpaired) electrons. The van der Waals surface area contributed by atoms with Crippen LogP contribution < -0.4 is 5.32 Å². The molecule has 7 nitrogen and oxygen atoms in total. The Labute approximate surface area is 140 Å². The molecule has 2 fully saturated rings. The zero-order valence-electron chi connectivity index (χ0n) is 14.1. The van der Waals surface area contributed by atoms with Crippen molar-refractivity contribution in [2.45, 2.75) is 52.4 Å². The maximum absolute atomic E-state index is 12.4. The number of rotatable bonds is 5. The van der Waals surface area contributed by atoms with Gasteiger partial charge in [0.05, 0.1) is 11.8 Å². The Balaban J connectivity index is 1.59. The zero-order valence-corrected chi connectivity index (χ0v) is 14.1. The minimum atomic E-state index is -0.244. The molecule has 2 atom stereocenters. The van der Waals surface area contributed by atoms with Gasteiger partial charge >= 0.3 is 0 Å². The first kappa shape index (κ1) is 16.7. The number of carbonyl (C=O) groups is 3. The van der Waals surface area contributed by atoms with Gasteiger partial charge in [0.1, 0.15) is 11.4 Å². The molecule has 1 aromatic rings. The molecule has 3 rings (SSSR count). The maximum atomic E-state index is 12.4. The summed E-state index contributed by atoms with van der Waals surface area (Å²) in [5.41, 5.74) is 1.22. The number of aryl methyl sites for hydroxylation is 2. The normalized spacial score (nSPS) is 23.5. The lowest BCUT2D eigenvalue weighted by atomic mass is 9.81. The van der Waals surface area contributed by atoms with Gasteiger partial charge in [0.25, 0.3) is 0 Å². The average Bonchev–Trinajstić information content (AvgIpc) is 3.05. The Hall–Kier alpha value is -2.18. The summed E-state index contributed by atoms with van der Waals surface area (Å²) in [5, 5.41) is 6.62. The molecule has 24 heavy (non-hydrogen) atoms. The summed E-state index contributed by atoms with van der Waals surface area (Å²) in [6.07, 6.45) is 4.30. The summed E-state index contributed by atoms with van der Waals surface area (Å²) in [6.45, 7) is 3.82. The van der Waals surface area contributed by atoms with Gasteiger partial charge in [-0.2, -0.15) is 0 Å². The van der Waals surface area contributed by atoms with E-state index in [1.54, 1.807) is 6.92 Å². The van der Waals surface area contributed by atoms with Crippen molar-refractivity contribution in [3.63, 3.8) is 0 Å². The van der Waals surface area contributed by atoms with Gasteiger partial charge in [0.2, 0.25) is 17.7 Å². The van der Waals surface area contributed by atoms with Gasteiger partial charge in [0.15, 0.2) is 5.76 Å². The van der Waals surface area contributed by atoms with Crippen molar-refractivity contribution in [3.8, 4) is 0 Å². The van der Waals surface area contributed by atoms with E-state index in [0.717, 1.165) is 25.7 Å². The first-order valence-electron chi connectivity index (χ1n) is 8.63. The number of carbonyl (C=O) groups excluding carboxylic acids is 3. The summed E-state index contributed by atoms with van der Waals surface area (Å²) >= 11 is 0. The molecule has 1 saturated heterocycles. The molecular formula is C17H23N3O4. The predicted octanol–water partition coefficient (Wildman–Crippen LogP) is 2.05. The first-order valence-corrected chi connectivity index (χ1v) is 8.63. The van der Waals surface area contributed by atoms with Crippen LogP contribution in [0.1, 0.15) is 50.5 Å². The van der Waals surface area contributed by atoms with E-state index in [0.29, 0.717) is 23.6 Å². The SMILES string of the molecule is CCc1onc(C)c1NC(=O)CCN1C(=O)[C@H]2CCCC[C@H]2C1=O. The number of hydrogen-bond donors (Lipinski definition) is 1. The topological polar surface area (TPSA) is 92.5 Å². The number of hydrogen-bond acceptors (Lipinski definition) is 5. The number of fused-ring (bicyclic) bond motifs is 1. The van der Waals surface area contributed by atoms with Crippen LogP contribution in [0.25, 0.3) is 0 Å². The molecule has 130 valence electrons. The molecule has 1 aliphatic heterocycles. The van der Waals surface area contributed by atoms with Crippen LogP contribution in [0.3, 0.4) is 0 Å². The highest BCUT2D eigenvalue weighted by atomic mass is 16.5. The van der Waals surface area contributed by atoms with Gasteiger partial charge in [-0.1, -0.05) is 24.9 Å². The summed E-state index contributed by atoms with van der Waals surface area (Å²) in [4.78, 5) is 38.2. The Morgan fingerprint density at radius 1 is 1.25 bits per heavy atom. The second-order valence-corrected chi connectivity index (χ2v) is 6.54. The standard InChI is InChI=1S/C17H23N3O4/c1-3-13-15(10(2)19-24-13)18-14(21)8-9-20-16(22)11-6-4-5-7-12(11)17(20)23/h11-12H,3-9H2,1-2H3,(H,18,21)/t11-,12+. The Morgan fingerprint density at radius 3 is 2.46 bits per heavy atom. The number of anilines is 1. The highest BCUT2D eigenvalue weighted by molar-refractivity contribution is 6.05. The van der Waals surface area contributed by atoms with E-state index in [4.69, 9.17) is 4.52 Å². The van der Waals surface area contributed by atoms with Gasteiger partial charge in [-0.05, 0) is 19.8 Å². The molecule has 1 saturated carbocycles. The van der Waals surface area contributed by atoms with E-state index in [2.05, 4.69) is 10.5 Å². The van der Waals surface area contributed by atoms with Gasteiger partial charge in [0, 0.05) is 19.4 Å². The average molecular weight is 333 g/mol.